The van der Waals surface area contributed by atoms with E-state index in [1.54, 1.807) is 18.9 Å². The van der Waals surface area contributed by atoms with Crippen molar-refractivity contribution >= 4 is 6.09 Å². The van der Waals surface area contributed by atoms with Crippen molar-refractivity contribution in [3.8, 4) is 0 Å². The zero-order valence-electron chi connectivity index (χ0n) is 13.2. The highest BCUT2D eigenvalue weighted by Gasteiger charge is 2.22. The molecule has 1 saturated heterocycles. The summed E-state index contributed by atoms with van der Waals surface area (Å²) < 4.78 is 7.55. The third-order valence-corrected chi connectivity index (χ3v) is 3.91. The molecule has 22 heavy (non-hydrogen) atoms. The van der Waals surface area contributed by atoms with Crippen LogP contribution in [-0.4, -0.2) is 57.8 Å². The second-order valence-corrected chi connectivity index (χ2v) is 5.34. The van der Waals surface area contributed by atoms with Gasteiger partial charge in [0.2, 0.25) is 0 Å². The Labute approximate surface area is 128 Å². The van der Waals surface area contributed by atoms with E-state index in [0.717, 1.165) is 4.57 Å². The van der Waals surface area contributed by atoms with Gasteiger partial charge in [0.15, 0.2) is 0 Å². The monoisotopic (exact) mass is 310 g/mol. The van der Waals surface area contributed by atoms with E-state index in [1.165, 1.54) is 17.7 Å². The van der Waals surface area contributed by atoms with Crippen molar-refractivity contribution in [1.29, 1.82) is 0 Å². The maximum absolute atomic E-state index is 11.9. The molecule has 0 unspecified atom stereocenters. The highest BCUT2D eigenvalue weighted by atomic mass is 16.6. The lowest BCUT2D eigenvalue weighted by atomic mass is 10.3. The predicted octanol–water partition coefficient (Wildman–Crippen LogP) is -0.642. The van der Waals surface area contributed by atoms with Crippen LogP contribution in [0.2, 0.25) is 0 Å². The largest absolute Gasteiger partial charge is 0.450 e. The van der Waals surface area contributed by atoms with E-state index in [4.69, 9.17) is 4.74 Å². The van der Waals surface area contributed by atoms with Crippen molar-refractivity contribution in [2.45, 2.75) is 13.5 Å². The zero-order valence-corrected chi connectivity index (χ0v) is 13.2. The summed E-state index contributed by atoms with van der Waals surface area (Å²) in [7, 11) is 3.12. The van der Waals surface area contributed by atoms with Gasteiger partial charge in [-0.25, -0.2) is 9.59 Å². The van der Waals surface area contributed by atoms with Crippen molar-refractivity contribution in [2.75, 3.05) is 32.8 Å². The molecular formula is C14H22N4O4. The Morgan fingerprint density at radius 3 is 2.36 bits per heavy atom. The fourth-order valence-corrected chi connectivity index (χ4v) is 2.46. The third-order valence-electron chi connectivity index (χ3n) is 3.91. The second kappa shape index (κ2) is 6.78. The molecule has 1 fully saturated rings. The minimum absolute atomic E-state index is 0.289. The Morgan fingerprint density at radius 2 is 1.77 bits per heavy atom. The number of rotatable bonds is 3. The molecule has 0 radical (unpaired) electrons. The summed E-state index contributed by atoms with van der Waals surface area (Å²) in [4.78, 5) is 39.1. The molecule has 2 heterocycles. The Hall–Kier alpha value is -2.09. The average molecular weight is 310 g/mol. The van der Waals surface area contributed by atoms with Gasteiger partial charge in [0, 0.05) is 58.6 Å². The molecule has 0 atom stereocenters. The predicted molar refractivity (Wildman–Crippen MR) is 80.8 cm³/mol. The summed E-state index contributed by atoms with van der Waals surface area (Å²) in [6.07, 6.45) is -0.289. The first-order chi connectivity index (χ1) is 10.4. The number of aromatic nitrogens is 2. The van der Waals surface area contributed by atoms with Crippen LogP contribution >= 0.6 is 0 Å². The lowest BCUT2D eigenvalue weighted by Gasteiger charge is -2.34. The normalized spacial score (nSPS) is 15.9. The van der Waals surface area contributed by atoms with Gasteiger partial charge in [0.05, 0.1) is 6.61 Å². The van der Waals surface area contributed by atoms with Gasteiger partial charge in [-0.05, 0) is 6.92 Å². The van der Waals surface area contributed by atoms with Gasteiger partial charge < -0.3 is 9.64 Å². The molecule has 0 saturated carbocycles. The van der Waals surface area contributed by atoms with Gasteiger partial charge >= 0.3 is 11.8 Å². The van der Waals surface area contributed by atoms with E-state index in [-0.39, 0.29) is 17.3 Å². The number of ether oxygens (including phenoxy) is 1. The fraction of sp³-hybridized carbons (Fsp3) is 0.643. The maximum Gasteiger partial charge on any atom is 0.409 e. The Kier molecular flexibility index (Phi) is 5.02. The molecule has 122 valence electrons. The number of carbonyl (C=O) groups excluding carboxylic acids is 1. The van der Waals surface area contributed by atoms with Gasteiger partial charge in [-0.1, -0.05) is 0 Å². The van der Waals surface area contributed by atoms with Gasteiger partial charge in [0.25, 0.3) is 5.56 Å². The van der Waals surface area contributed by atoms with Crippen LogP contribution in [0.25, 0.3) is 0 Å². The van der Waals surface area contributed by atoms with E-state index in [0.29, 0.717) is 45.0 Å². The third kappa shape index (κ3) is 3.38. The number of nitrogens with zero attached hydrogens (tertiary/aromatic N) is 4. The Morgan fingerprint density at radius 1 is 1.14 bits per heavy atom. The van der Waals surface area contributed by atoms with Crippen LogP contribution in [-0.2, 0) is 25.4 Å². The molecule has 1 aliphatic heterocycles. The van der Waals surface area contributed by atoms with E-state index in [2.05, 4.69) is 4.90 Å². The van der Waals surface area contributed by atoms with Crippen molar-refractivity contribution in [1.82, 2.24) is 18.9 Å². The summed E-state index contributed by atoms with van der Waals surface area (Å²) in [5.41, 5.74) is 0.0496. The van der Waals surface area contributed by atoms with Gasteiger partial charge in [0.1, 0.15) is 0 Å². The number of hydrogen-bond acceptors (Lipinski definition) is 5. The van der Waals surface area contributed by atoms with Crippen LogP contribution in [0.15, 0.2) is 15.7 Å². The fourth-order valence-electron chi connectivity index (χ4n) is 2.46. The molecule has 1 amide bonds. The number of amides is 1. The Balaban J connectivity index is 2.01. The number of hydrogen-bond donors (Lipinski definition) is 0. The molecule has 8 heteroatoms. The van der Waals surface area contributed by atoms with Crippen LogP contribution in [0.1, 0.15) is 12.6 Å². The molecule has 1 aromatic heterocycles. The molecule has 1 aliphatic rings. The molecule has 0 aromatic carbocycles. The molecule has 1 aromatic rings. The van der Waals surface area contributed by atoms with Gasteiger partial charge in [-0.3, -0.25) is 18.8 Å². The van der Waals surface area contributed by atoms with Crippen molar-refractivity contribution < 1.29 is 9.53 Å². The molecule has 8 nitrogen and oxygen atoms in total. The van der Waals surface area contributed by atoms with Crippen LogP contribution in [0.3, 0.4) is 0 Å². The Bertz CT molecular complexity index is 656. The topological polar surface area (TPSA) is 76.8 Å². The summed E-state index contributed by atoms with van der Waals surface area (Å²) in [5.74, 6) is 0. The van der Waals surface area contributed by atoms with E-state index in [1.807, 2.05) is 0 Å². The van der Waals surface area contributed by atoms with E-state index in [9.17, 15) is 14.4 Å². The summed E-state index contributed by atoms with van der Waals surface area (Å²) in [5, 5.41) is 0. The second-order valence-electron chi connectivity index (χ2n) is 5.34. The SMILES string of the molecule is CCOC(=O)N1CCN(Cc2cc(=O)n(C)c(=O)n2C)CC1. The number of carbonyl (C=O) groups is 1. The highest BCUT2D eigenvalue weighted by molar-refractivity contribution is 5.67. The van der Waals surface area contributed by atoms with Crippen molar-refractivity contribution in [3.63, 3.8) is 0 Å². The van der Waals surface area contributed by atoms with Crippen LogP contribution in [0.5, 0.6) is 0 Å². The molecular weight excluding hydrogens is 288 g/mol. The van der Waals surface area contributed by atoms with Crippen LogP contribution in [0.4, 0.5) is 4.79 Å². The summed E-state index contributed by atoms with van der Waals surface area (Å²) in [6, 6.07) is 1.49. The smallest absolute Gasteiger partial charge is 0.409 e. The van der Waals surface area contributed by atoms with E-state index < -0.39 is 0 Å². The number of piperazine rings is 1. The van der Waals surface area contributed by atoms with Crippen LogP contribution < -0.4 is 11.2 Å². The van der Waals surface area contributed by atoms with E-state index >= 15 is 0 Å². The first-order valence-electron chi connectivity index (χ1n) is 7.34. The average Bonchev–Trinajstić information content (AvgIpc) is 2.51. The lowest BCUT2D eigenvalue weighted by Crippen LogP contribution is -2.49. The molecule has 2 rings (SSSR count). The minimum atomic E-state index is -0.326. The quantitative estimate of drug-likeness (QED) is 0.742. The molecule has 0 spiro atoms. The molecule has 0 bridgehead atoms. The molecule has 0 aliphatic carbocycles. The highest BCUT2D eigenvalue weighted by Crippen LogP contribution is 2.07. The van der Waals surface area contributed by atoms with Gasteiger partial charge in [-0.2, -0.15) is 0 Å². The van der Waals surface area contributed by atoms with Gasteiger partial charge in [-0.15, -0.1) is 0 Å². The maximum atomic E-state index is 11.9. The lowest BCUT2D eigenvalue weighted by molar-refractivity contribution is 0.0771. The first-order valence-corrected chi connectivity index (χ1v) is 7.34. The summed E-state index contributed by atoms with van der Waals surface area (Å²) in [6.45, 7) is 5.19. The van der Waals surface area contributed by atoms with Crippen molar-refractivity contribution in [2.24, 2.45) is 14.1 Å². The first kappa shape index (κ1) is 16.3. The standard InChI is InChI=1S/C14H22N4O4/c1-4-22-14(21)18-7-5-17(6-8-18)10-11-9-12(19)16(3)13(20)15(11)2/h9H,4-8,10H2,1-3H3. The minimum Gasteiger partial charge on any atom is -0.450 e. The van der Waals surface area contributed by atoms with Crippen molar-refractivity contribution in [3.05, 3.63) is 32.6 Å². The molecule has 0 N–H and O–H groups in total. The summed E-state index contributed by atoms with van der Waals surface area (Å²) >= 11 is 0. The zero-order chi connectivity index (χ0) is 16.3. The van der Waals surface area contributed by atoms with Crippen LogP contribution in [0, 0.1) is 0 Å².